The molecule has 6 heteroatoms. The molecule has 0 aliphatic carbocycles. The van der Waals surface area contributed by atoms with Crippen molar-refractivity contribution in [3.8, 4) is 11.3 Å². The predicted octanol–water partition coefficient (Wildman–Crippen LogP) is 3.51. The van der Waals surface area contributed by atoms with Crippen molar-refractivity contribution in [2.75, 3.05) is 31.1 Å². The average Bonchev–Trinajstić information content (AvgIpc) is 3.23. The Morgan fingerprint density at radius 2 is 1.62 bits per heavy atom. The molecule has 0 saturated carbocycles. The van der Waals surface area contributed by atoms with Crippen LogP contribution < -0.4 is 10.2 Å². The lowest BCUT2D eigenvalue weighted by Crippen LogP contribution is -2.27. The van der Waals surface area contributed by atoms with E-state index in [4.69, 9.17) is 9.97 Å². The predicted molar refractivity (Wildman–Crippen MR) is 104 cm³/mol. The number of aromatic nitrogens is 2. The highest BCUT2D eigenvalue weighted by Crippen LogP contribution is 2.33. The quantitative estimate of drug-likeness (QED) is 0.749. The number of para-hydroxylation sites is 1. The summed E-state index contributed by atoms with van der Waals surface area (Å²) in [6.45, 7) is 4.06. The summed E-state index contributed by atoms with van der Waals surface area (Å²) in [6, 6.07) is 14.7. The molecule has 4 nitrogen and oxygen atoms in total. The molecular formula is C20H20ClFN4. The number of hydrogen-bond acceptors (Lipinski definition) is 4. The number of anilines is 1. The largest absolute Gasteiger partial charge is 0.340 e. The first-order valence-corrected chi connectivity index (χ1v) is 8.77. The molecule has 1 aromatic heterocycles. The van der Waals surface area contributed by atoms with Gasteiger partial charge < -0.3 is 10.2 Å². The minimum Gasteiger partial charge on any atom is -0.340 e. The maximum Gasteiger partial charge on any atom is 0.226 e. The van der Waals surface area contributed by atoms with Crippen LogP contribution in [0.1, 0.15) is 0 Å². The standard InChI is InChI=1S/C20H19FN4.ClH/c21-17-7-3-1-5-15(17)19-16-6-2-4-8-18(16)23-20(24-19)25-11-13-9-22-10-14(13)12-25;/h1-8,13-14,22H,9-12H2;1H. The van der Waals surface area contributed by atoms with Gasteiger partial charge in [-0.25, -0.2) is 14.4 Å². The Balaban J connectivity index is 0.00000168. The topological polar surface area (TPSA) is 41.1 Å². The summed E-state index contributed by atoms with van der Waals surface area (Å²) in [5, 5.41) is 4.34. The van der Waals surface area contributed by atoms with Gasteiger partial charge in [0.2, 0.25) is 5.95 Å². The molecule has 2 aliphatic heterocycles. The van der Waals surface area contributed by atoms with Crippen molar-refractivity contribution in [3.05, 3.63) is 54.3 Å². The van der Waals surface area contributed by atoms with Gasteiger partial charge in [-0.2, -0.15) is 0 Å². The summed E-state index contributed by atoms with van der Waals surface area (Å²) in [6.07, 6.45) is 0. The second-order valence-electron chi connectivity index (χ2n) is 6.95. The van der Waals surface area contributed by atoms with E-state index >= 15 is 0 Å². The van der Waals surface area contributed by atoms with Gasteiger partial charge in [0.05, 0.1) is 11.2 Å². The molecule has 1 N–H and O–H groups in total. The molecule has 2 fully saturated rings. The van der Waals surface area contributed by atoms with Crippen LogP contribution in [0.3, 0.4) is 0 Å². The molecule has 0 amide bonds. The van der Waals surface area contributed by atoms with Gasteiger partial charge >= 0.3 is 0 Å². The summed E-state index contributed by atoms with van der Waals surface area (Å²) >= 11 is 0. The van der Waals surface area contributed by atoms with Crippen molar-refractivity contribution in [2.45, 2.75) is 0 Å². The van der Waals surface area contributed by atoms with E-state index in [2.05, 4.69) is 10.2 Å². The van der Waals surface area contributed by atoms with E-state index in [0.717, 1.165) is 37.1 Å². The zero-order chi connectivity index (χ0) is 16.8. The van der Waals surface area contributed by atoms with E-state index in [1.54, 1.807) is 12.1 Å². The van der Waals surface area contributed by atoms with E-state index < -0.39 is 0 Å². The number of benzene rings is 2. The van der Waals surface area contributed by atoms with Crippen LogP contribution in [-0.4, -0.2) is 36.1 Å². The van der Waals surface area contributed by atoms with Crippen LogP contribution in [-0.2, 0) is 0 Å². The number of nitrogens with one attached hydrogen (secondary N) is 1. The third-order valence-corrected chi connectivity index (χ3v) is 5.39. The summed E-state index contributed by atoms with van der Waals surface area (Å²) in [7, 11) is 0. The molecule has 3 aromatic rings. The van der Waals surface area contributed by atoms with Gasteiger partial charge in [-0.3, -0.25) is 0 Å². The van der Waals surface area contributed by atoms with Crippen molar-refractivity contribution in [2.24, 2.45) is 11.8 Å². The highest BCUT2D eigenvalue weighted by atomic mass is 35.5. The number of fused-ring (bicyclic) bond motifs is 2. The molecule has 0 bridgehead atoms. The summed E-state index contributed by atoms with van der Waals surface area (Å²) in [5.74, 6) is 1.78. The van der Waals surface area contributed by atoms with Gasteiger partial charge in [0.1, 0.15) is 5.82 Å². The first kappa shape index (κ1) is 17.2. The van der Waals surface area contributed by atoms with E-state index in [9.17, 15) is 4.39 Å². The minimum absolute atomic E-state index is 0. The number of nitrogens with zero attached hydrogens (tertiary/aromatic N) is 3. The van der Waals surface area contributed by atoms with E-state index in [1.807, 2.05) is 30.3 Å². The molecule has 3 heterocycles. The maximum absolute atomic E-state index is 14.4. The number of hydrogen-bond donors (Lipinski definition) is 1. The van der Waals surface area contributed by atoms with Crippen LogP contribution in [0.2, 0.25) is 0 Å². The van der Waals surface area contributed by atoms with Crippen LogP contribution in [0.5, 0.6) is 0 Å². The molecule has 2 unspecified atom stereocenters. The third kappa shape index (κ3) is 2.81. The highest BCUT2D eigenvalue weighted by Gasteiger charge is 2.37. The SMILES string of the molecule is Cl.Fc1ccccc1-c1nc(N2CC3CNCC3C2)nc2ccccc12. The molecular weight excluding hydrogens is 351 g/mol. The van der Waals surface area contributed by atoms with Crippen LogP contribution in [0.15, 0.2) is 48.5 Å². The molecule has 2 saturated heterocycles. The van der Waals surface area contributed by atoms with Gasteiger partial charge in [-0.15, -0.1) is 12.4 Å². The van der Waals surface area contributed by atoms with E-state index in [-0.39, 0.29) is 18.2 Å². The molecule has 134 valence electrons. The van der Waals surface area contributed by atoms with Crippen molar-refractivity contribution < 1.29 is 4.39 Å². The Morgan fingerprint density at radius 3 is 2.38 bits per heavy atom. The number of rotatable bonds is 2. The number of halogens is 2. The van der Waals surface area contributed by atoms with Gasteiger partial charge in [0, 0.05) is 37.1 Å². The molecule has 2 aromatic carbocycles. The van der Waals surface area contributed by atoms with Gasteiger partial charge in [-0.05, 0) is 30.0 Å². The fraction of sp³-hybridized carbons (Fsp3) is 0.300. The average molecular weight is 371 g/mol. The minimum atomic E-state index is -0.250. The maximum atomic E-state index is 14.4. The Labute approximate surface area is 157 Å². The highest BCUT2D eigenvalue weighted by molar-refractivity contribution is 5.93. The van der Waals surface area contributed by atoms with Crippen LogP contribution >= 0.6 is 12.4 Å². The lowest BCUT2D eigenvalue weighted by Gasteiger charge is -2.19. The monoisotopic (exact) mass is 370 g/mol. The van der Waals surface area contributed by atoms with Crippen molar-refractivity contribution in [1.29, 1.82) is 0 Å². The lowest BCUT2D eigenvalue weighted by molar-refractivity contribution is 0.533. The molecule has 5 rings (SSSR count). The van der Waals surface area contributed by atoms with Gasteiger partial charge in [0.25, 0.3) is 0 Å². The van der Waals surface area contributed by atoms with Crippen LogP contribution in [0.25, 0.3) is 22.2 Å². The van der Waals surface area contributed by atoms with Crippen molar-refractivity contribution in [3.63, 3.8) is 0 Å². The Morgan fingerprint density at radius 1 is 0.923 bits per heavy atom. The summed E-state index contributed by atoms with van der Waals surface area (Å²) < 4.78 is 14.4. The first-order valence-electron chi connectivity index (χ1n) is 8.77. The Bertz CT molecular complexity index is 936. The molecule has 2 aliphatic rings. The molecule has 26 heavy (non-hydrogen) atoms. The lowest BCUT2D eigenvalue weighted by atomic mass is 10.0. The fourth-order valence-corrected chi connectivity index (χ4v) is 4.08. The zero-order valence-corrected chi connectivity index (χ0v) is 15.0. The zero-order valence-electron chi connectivity index (χ0n) is 14.2. The Hall–Kier alpha value is -2.24. The van der Waals surface area contributed by atoms with Crippen molar-refractivity contribution >= 4 is 29.3 Å². The van der Waals surface area contributed by atoms with Crippen LogP contribution in [0.4, 0.5) is 10.3 Å². The fourth-order valence-electron chi connectivity index (χ4n) is 4.08. The smallest absolute Gasteiger partial charge is 0.226 e. The van der Waals surface area contributed by atoms with E-state index in [1.165, 1.54) is 6.07 Å². The van der Waals surface area contributed by atoms with Gasteiger partial charge in [-0.1, -0.05) is 30.3 Å². The second kappa shape index (κ2) is 6.82. The summed E-state index contributed by atoms with van der Waals surface area (Å²) in [5.41, 5.74) is 2.07. The Kier molecular flexibility index (Phi) is 4.51. The van der Waals surface area contributed by atoms with E-state index in [0.29, 0.717) is 29.0 Å². The normalized spacial score (nSPS) is 21.7. The molecule has 2 atom stereocenters. The third-order valence-electron chi connectivity index (χ3n) is 5.39. The molecule has 0 radical (unpaired) electrons. The molecule has 0 spiro atoms. The van der Waals surface area contributed by atoms with Gasteiger partial charge in [0.15, 0.2) is 0 Å². The summed E-state index contributed by atoms with van der Waals surface area (Å²) in [4.78, 5) is 11.8. The van der Waals surface area contributed by atoms with Crippen molar-refractivity contribution in [1.82, 2.24) is 15.3 Å². The second-order valence-corrected chi connectivity index (χ2v) is 6.95. The first-order chi connectivity index (χ1) is 12.3. The van der Waals surface area contributed by atoms with Crippen LogP contribution in [0, 0.1) is 17.7 Å².